The van der Waals surface area contributed by atoms with E-state index in [0.717, 1.165) is 26.6 Å². The van der Waals surface area contributed by atoms with E-state index in [1.807, 2.05) is 19.1 Å². The minimum Gasteiger partial charge on any atom is -0.336 e. The maximum Gasteiger partial charge on any atom is 0.167 e. The second-order valence-corrected chi connectivity index (χ2v) is 5.77. The van der Waals surface area contributed by atoms with E-state index >= 15 is 0 Å². The summed E-state index contributed by atoms with van der Waals surface area (Å²) in [4.78, 5) is 12.3. The summed E-state index contributed by atoms with van der Waals surface area (Å²) < 4.78 is 14.2. The third kappa shape index (κ3) is 1.78. The molecule has 5 heteroatoms. The highest BCUT2D eigenvalue weighted by molar-refractivity contribution is 7.21. The second kappa shape index (κ2) is 4.11. The molecular weight excluding hydrogens is 273 g/mol. The number of rotatable bonds is 1. The van der Waals surface area contributed by atoms with Crippen molar-refractivity contribution in [2.75, 3.05) is 0 Å². The van der Waals surface area contributed by atoms with Crippen molar-refractivity contribution in [3.63, 3.8) is 0 Å². The number of hydrogen-bond donors (Lipinski definition) is 1. The van der Waals surface area contributed by atoms with Gasteiger partial charge in [0.25, 0.3) is 0 Å². The molecule has 0 aliphatic rings. The number of H-pyrrole nitrogens is 1. The molecule has 2 aromatic carbocycles. The van der Waals surface area contributed by atoms with Gasteiger partial charge in [-0.3, -0.25) is 0 Å². The summed E-state index contributed by atoms with van der Waals surface area (Å²) in [5, 5.41) is 0.777. The molecule has 0 aliphatic heterocycles. The first-order valence-corrected chi connectivity index (χ1v) is 7.03. The Morgan fingerprint density at radius 1 is 1.05 bits per heavy atom. The zero-order chi connectivity index (χ0) is 13.7. The summed E-state index contributed by atoms with van der Waals surface area (Å²) in [6.07, 6.45) is 0. The summed E-state index contributed by atoms with van der Waals surface area (Å²) in [5.74, 6) is 0.460. The maximum atomic E-state index is 13.2. The molecule has 98 valence electrons. The topological polar surface area (TPSA) is 41.6 Å². The molecular formula is C15H10FN3S. The van der Waals surface area contributed by atoms with E-state index < -0.39 is 0 Å². The Balaban J connectivity index is 1.91. The quantitative estimate of drug-likeness (QED) is 0.566. The monoisotopic (exact) mass is 283 g/mol. The first-order valence-electron chi connectivity index (χ1n) is 6.22. The number of nitrogens with zero attached hydrogens (tertiary/aromatic N) is 2. The zero-order valence-electron chi connectivity index (χ0n) is 10.6. The van der Waals surface area contributed by atoms with E-state index in [9.17, 15) is 4.39 Å². The highest BCUT2D eigenvalue weighted by Crippen LogP contribution is 2.30. The van der Waals surface area contributed by atoms with E-state index in [2.05, 4.69) is 21.0 Å². The minimum absolute atomic E-state index is 0.269. The predicted octanol–water partition coefficient (Wildman–Crippen LogP) is 4.29. The van der Waals surface area contributed by atoms with Crippen LogP contribution in [0.15, 0.2) is 36.4 Å². The molecule has 3 nitrogen and oxygen atoms in total. The van der Waals surface area contributed by atoms with Crippen LogP contribution in [-0.2, 0) is 0 Å². The summed E-state index contributed by atoms with van der Waals surface area (Å²) >= 11 is 1.51. The Bertz CT molecular complexity index is 861. The maximum absolute atomic E-state index is 13.2. The molecule has 0 saturated heterocycles. The molecule has 0 atom stereocenters. The summed E-state index contributed by atoms with van der Waals surface area (Å²) in [7, 11) is 0. The van der Waals surface area contributed by atoms with Crippen molar-refractivity contribution < 1.29 is 4.39 Å². The SMILES string of the molecule is Cc1ccc2nc(-c3nc4cc(F)ccc4s3)[nH]c2c1. The molecule has 1 N–H and O–H groups in total. The van der Waals surface area contributed by atoms with Crippen molar-refractivity contribution >= 4 is 32.6 Å². The number of imidazole rings is 1. The Labute approximate surface area is 118 Å². The fourth-order valence-electron chi connectivity index (χ4n) is 2.23. The van der Waals surface area contributed by atoms with E-state index in [1.54, 1.807) is 6.07 Å². The van der Waals surface area contributed by atoms with E-state index in [1.165, 1.54) is 29.0 Å². The normalized spacial score (nSPS) is 11.5. The first kappa shape index (κ1) is 11.5. The van der Waals surface area contributed by atoms with Gasteiger partial charge in [0.2, 0.25) is 0 Å². The minimum atomic E-state index is -0.269. The summed E-state index contributed by atoms with van der Waals surface area (Å²) in [6.45, 7) is 2.04. The molecule has 2 heterocycles. The lowest BCUT2D eigenvalue weighted by molar-refractivity contribution is 0.629. The van der Waals surface area contributed by atoms with Crippen LogP contribution in [0.3, 0.4) is 0 Å². The highest BCUT2D eigenvalue weighted by atomic mass is 32.1. The molecule has 2 aromatic heterocycles. The van der Waals surface area contributed by atoms with Crippen molar-refractivity contribution in [3.8, 4) is 10.8 Å². The molecule has 0 unspecified atom stereocenters. The third-order valence-electron chi connectivity index (χ3n) is 3.19. The largest absolute Gasteiger partial charge is 0.336 e. The van der Waals surface area contributed by atoms with Crippen LogP contribution in [0.25, 0.3) is 32.1 Å². The van der Waals surface area contributed by atoms with Crippen LogP contribution < -0.4 is 0 Å². The zero-order valence-corrected chi connectivity index (χ0v) is 11.5. The van der Waals surface area contributed by atoms with E-state index in [-0.39, 0.29) is 5.82 Å². The fourth-order valence-corrected chi connectivity index (χ4v) is 3.12. The molecule has 0 bridgehead atoms. The Hall–Kier alpha value is -2.27. The highest BCUT2D eigenvalue weighted by Gasteiger charge is 2.11. The number of thiazole rings is 1. The van der Waals surface area contributed by atoms with Gasteiger partial charge in [-0.05, 0) is 36.8 Å². The number of aryl methyl sites for hydroxylation is 1. The lowest BCUT2D eigenvalue weighted by Crippen LogP contribution is -1.78. The standard InChI is InChI=1S/C15H10FN3S/c1-8-2-4-10-11(6-8)18-14(17-10)15-19-12-7-9(16)3-5-13(12)20-15/h2-7H,1H3,(H,17,18). The molecule has 0 saturated carbocycles. The molecule has 0 amide bonds. The molecule has 20 heavy (non-hydrogen) atoms. The smallest absolute Gasteiger partial charge is 0.167 e. The molecule has 0 aliphatic carbocycles. The van der Waals surface area contributed by atoms with Crippen molar-refractivity contribution in [1.82, 2.24) is 15.0 Å². The van der Waals surface area contributed by atoms with Crippen molar-refractivity contribution in [2.24, 2.45) is 0 Å². The van der Waals surface area contributed by atoms with Crippen LogP contribution >= 0.6 is 11.3 Å². The molecule has 0 fully saturated rings. The number of fused-ring (bicyclic) bond motifs is 2. The van der Waals surface area contributed by atoms with Gasteiger partial charge < -0.3 is 4.98 Å². The summed E-state index contributed by atoms with van der Waals surface area (Å²) in [5.41, 5.74) is 3.75. The average molecular weight is 283 g/mol. The van der Waals surface area contributed by atoms with Gasteiger partial charge in [0.15, 0.2) is 10.8 Å². The number of benzene rings is 2. The van der Waals surface area contributed by atoms with Crippen molar-refractivity contribution in [3.05, 3.63) is 47.8 Å². The molecule has 4 aromatic rings. The van der Waals surface area contributed by atoms with Gasteiger partial charge in [-0.15, -0.1) is 11.3 Å². The molecule has 0 radical (unpaired) electrons. The van der Waals surface area contributed by atoms with E-state index in [0.29, 0.717) is 5.52 Å². The number of aromatic amines is 1. The van der Waals surface area contributed by atoms with Gasteiger partial charge in [-0.25, -0.2) is 14.4 Å². The lowest BCUT2D eigenvalue weighted by atomic mass is 10.2. The predicted molar refractivity (Wildman–Crippen MR) is 79.4 cm³/mol. The average Bonchev–Trinajstić information content (AvgIpc) is 3.00. The number of nitrogens with one attached hydrogen (secondary N) is 1. The Morgan fingerprint density at radius 3 is 2.85 bits per heavy atom. The molecule has 0 spiro atoms. The van der Waals surface area contributed by atoms with Gasteiger partial charge in [-0.2, -0.15) is 0 Å². The van der Waals surface area contributed by atoms with Crippen LogP contribution in [-0.4, -0.2) is 15.0 Å². The Kier molecular flexibility index (Phi) is 2.37. The van der Waals surface area contributed by atoms with Crippen LogP contribution in [0.4, 0.5) is 4.39 Å². The number of aromatic nitrogens is 3. The lowest BCUT2D eigenvalue weighted by Gasteiger charge is -1.89. The fraction of sp³-hybridized carbons (Fsp3) is 0.0667. The summed E-state index contributed by atoms with van der Waals surface area (Å²) in [6, 6.07) is 10.7. The van der Waals surface area contributed by atoms with Crippen LogP contribution in [0.2, 0.25) is 0 Å². The van der Waals surface area contributed by atoms with Gasteiger partial charge in [-0.1, -0.05) is 6.07 Å². The van der Waals surface area contributed by atoms with Crippen molar-refractivity contribution in [2.45, 2.75) is 6.92 Å². The number of halogens is 1. The third-order valence-corrected chi connectivity index (χ3v) is 4.23. The van der Waals surface area contributed by atoms with E-state index in [4.69, 9.17) is 0 Å². The van der Waals surface area contributed by atoms with Crippen molar-refractivity contribution in [1.29, 1.82) is 0 Å². The Morgan fingerprint density at radius 2 is 1.95 bits per heavy atom. The van der Waals surface area contributed by atoms with Gasteiger partial charge >= 0.3 is 0 Å². The first-order chi connectivity index (χ1) is 9.69. The van der Waals surface area contributed by atoms with Crippen LogP contribution in [0, 0.1) is 12.7 Å². The van der Waals surface area contributed by atoms with Gasteiger partial charge in [0.1, 0.15) is 5.82 Å². The van der Waals surface area contributed by atoms with Crippen LogP contribution in [0.1, 0.15) is 5.56 Å². The number of hydrogen-bond acceptors (Lipinski definition) is 3. The molecule has 4 rings (SSSR count). The van der Waals surface area contributed by atoms with Crippen LogP contribution in [0.5, 0.6) is 0 Å². The second-order valence-electron chi connectivity index (χ2n) is 4.74. The van der Waals surface area contributed by atoms with Gasteiger partial charge in [0.05, 0.1) is 21.3 Å². The van der Waals surface area contributed by atoms with Gasteiger partial charge in [0, 0.05) is 6.07 Å².